The van der Waals surface area contributed by atoms with Crippen molar-refractivity contribution in [3.63, 3.8) is 0 Å². The number of likely N-dealkylation sites (tertiary alicyclic amines) is 1. The number of sulfonamides is 1. The van der Waals surface area contributed by atoms with Gasteiger partial charge in [0, 0.05) is 31.8 Å². The number of rotatable bonds is 5. The maximum atomic E-state index is 12.8. The summed E-state index contributed by atoms with van der Waals surface area (Å²) in [5.74, 6) is 0.532. The zero-order valence-electron chi connectivity index (χ0n) is 14.9. The second-order valence-corrected chi connectivity index (χ2v) is 9.19. The highest BCUT2D eigenvalue weighted by Crippen LogP contribution is 2.40. The topological polar surface area (TPSA) is 49.9 Å². The SMILES string of the molecule is CCOCC1CCN(C)C2(C1)CN(S(=O)(=O)c1cccc(C)c1)C2. The van der Waals surface area contributed by atoms with Crippen LogP contribution in [-0.2, 0) is 14.8 Å². The van der Waals surface area contributed by atoms with E-state index in [0.29, 0.717) is 23.9 Å². The zero-order valence-corrected chi connectivity index (χ0v) is 15.7. The largest absolute Gasteiger partial charge is 0.381 e. The van der Waals surface area contributed by atoms with Crippen LogP contribution >= 0.6 is 0 Å². The molecule has 1 aromatic carbocycles. The molecule has 0 aliphatic carbocycles. The maximum Gasteiger partial charge on any atom is 0.243 e. The summed E-state index contributed by atoms with van der Waals surface area (Å²) in [6.45, 7) is 7.65. The molecule has 1 unspecified atom stereocenters. The smallest absolute Gasteiger partial charge is 0.243 e. The molecule has 134 valence electrons. The Kier molecular flexibility index (Phi) is 5.02. The zero-order chi connectivity index (χ0) is 17.4. The van der Waals surface area contributed by atoms with Gasteiger partial charge in [-0.1, -0.05) is 12.1 Å². The van der Waals surface area contributed by atoms with E-state index in [1.54, 1.807) is 16.4 Å². The number of nitrogens with zero attached hydrogens (tertiary/aromatic N) is 2. The van der Waals surface area contributed by atoms with Crippen LogP contribution in [0.2, 0.25) is 0 Å². The van der Waals surface area contributed by atoms with Gasteiger partial charge in [-0.05, 0) is 63.9 Å². The molecule has 2 fully saturated rings. The Morgan fingerprint density at radius 3 is 2.75 bits per heavy atom. The lowest BCUT2D eigenvalue weighted by molar-refractivity contribution is -0.0576. The van der Waals surface area contributed by atoms with E-state index >= 15 is 0 Å². The fourth-order valence-corrected chi connectivity index (χ4v) is 5.62. The van der Waals surface area contributed by atoms with Crippen molar-refractivity contribution in [2.24, 2.45) is 5.92 Å². The number of ether oxygens (including phenoxy) is 1. The van der Waals surface area contributed by atoms with Gasteiger partial charge in [-0.2, -0.15) is 4.31 Å². The molecule has 1 atom stereocenters. The lowest BCUT2D eigenvalue weighted by Crippen LogP contribution is -2.72. The number of piperidine rings is 1. The van der Waals surface area contributed by atoms with Gasteiger partial charge in [0.25, 0.3) is 0 Å². The van der Waals surface area contributed by atoms with Crippen LogP contribution in [0.1, 0.15) is 25.3 Å². The number of hydrogen-bond acceptors (Lipinski definition) is 4. The van der Waals surface area contributed by atoms with E-state index in [0.717, 1.165) is 38.2 Å². The number of benzene rings is 1. The van der Waals surface area contributed by atoms with Crippen molar-refractivity contribution in [2.75, 3.05) is 39.9 Å². The van der Waals surface area contributed by atoms with Gasteiger partial charge < -0.3 is 4.74 Å². The van der Waals surface area contributed by atoms with E-state index in [-0.39, 0.29) is 5.54 Å². The summed E-state index contributed by atoms with van der Waals surface area (Å²) in [7, 11) is -1.26. The van der Waals surface area contributed by atoms with E-state index in [2.05, 4.69) is 11.9 Å². The highest BCUT2D eigenvalue weighted by atomic mass is 32.2. The first-order valence-electron chi connectivity index (χ1n) is 8.73. The normalized spacial score (nSPS) is 24.9. The van der Waals surface area contributed by atoms with Crippen molar-refractivity contribution >= 4 is 10.0 Å². The first-order valence-corrected chi connectivity index (χ1v) is 10.2. The van der Waals surface area contributed by atoms with E-state index < -0.39 is 10.0 Å². The molecule has 24 heavy (non-hydrogen) atoms. The second kappa shape index (κ2) is 6.75. The van der Waals surface area contributed by atoms with Crippen molar-refractivity contribution in [2.45, 2.75) is 37.1 Å². The summed E-state index contributed by atoms with van der Waals surface area (Å²) < 4.78 is 32.9. The third kappa shape index (κ3) is 3.25. The van der Waals surface area contributed by atoms with Crippen LogP contribution in [0.15, 0.2) is 29.2 Å². The van der Waals surface area contributed by atoms with Crippen LogP contribution in [0, 0.1) is 12.8 Å². The third-order valence-corrected chi connectivity index (χ3v) is 7.27. The minimum atomic E-state index is -3.38. The van der Waals surface area contributed by atoms with Gasteiger partial charge >= 0.3 is 0 Å². The van der Waals surface area contributed by atoms with Crippen LogP contribution < -0.4 is 0 Å². The Morgan fingerprint density at radius 1 is 1.33 bits per heavy atom. The Hall–Kier alpha value is -0.950. The van der Waals surface area contributed by atoms with Crippen molar-refractivity contribution in [1.82, 2.24) is 9.21 Å². The average Bonchev–Trinajstić information content (AvgIpc) is 2.52. The van der Waals surface area contributed by atoms with E-state index in [1.807, 2.05) is 26.0 Å². The van der Waals surface area contributed by atoms with Crippen molar-refractivity contribution in [1.29, 1.82) is 0 Å². The molecule has 6 heteroatoms. The highest BCUT2D eigenvalue weighted by Gasteiger charge is 2.53. The average molecular weight is 353 g/mol. The van der Waals surface area contributed by atoms with Gasteiger partial charge in [-0.25, -0.2) is 8.42 Å². The summed E-state index contributed by atoms with van der Waals surface area (Å²) in [6.07, 6.45) is 2.15. The molecule has 2 saturated heterocycles. The molecule has 0 aromatic heterocycles. The molecular formula is C18H28N2O3S. The quantitative estimate of drug-likeness (QED) is 0.814. The molecule has 0 saturated carbocycles. The minimum absolute atomic E-state index is 0.0170. The van der Waals surface area contributed by atoms with Gasteiger partial charge in [0.1, 0.15) is 0 Å². The molecule has 0 bridgehead atoms. The van der Waals surface area contributed by atoms with Gasteiger partial charge in [0.2, 0.25) is 10.0 Å². The number of hydrogen-bond donors (Lipinski definition) is 0. The summed E-state index contributed by atoms with van der Waals surface area (Å²) in [5.41, 5.74) is 0.953. The van der Waals surface area contributed by atoms with Gasteiger partial charge in [-0.3, -0.25) is 4.90 Å². The van der Waals surface area contributed by atoms with Gasteiger partial charge in [0.15, 0.2) is 0 Å². The molecule has 1 aromatic rings. The van der Waals surface area contributed by atoms with Crippen molar-refractivity contribution in [3.05, 3.63) is 29.8 Å². The molecule has 0 N–H and O–H groups in total. The van der Waals surface area contributed by atoms with Crippen molar-refractivity contribution in [3.8, 4) is 0 Å². The maximum absolute atomic E-state index is 12.8. The Labute approximate surface area is 145 Å². The third-order valence-electron chi connectivity index (χ3n) is 5.48. The summed E-state index contributed by atoms with van der Waals surface area (Å²) >= 11 is 0. The monoisotopic (exact) mass is 352 g/mol. The molecular weight excluding hydrogens is 324 g/mol. The Balaban J connectivity index is 1.70. The van der Waals surface area contributed by atoms with Gasteiger partial charge in [0.05, 0.1) is 4.90 Å². The molecule has 3 rings (SSSR count). The fourth-order valence-electron chi connectivity index (χ4n) is 3.91. The minimum Gasteiger partial charge on any atom is -0.381 e. The van der Waals surface area contributed by atoms with Crippen LogP contribution in [0.3, 0.4) is 0 Å². The first-order chi connectivity index (χ1) is 11.4. The molecule has 2 heterocycles. The Bertz CT molecular complexity index is 681. The second-order valence-electron chi connectivity index (χ2n) is 7.25. The van der Waals surface area contributed by atoms with Gasteiger partial charge in [-0.15, -0.1) is 0 Å². The first kappa shape index (κ1) is 17.9. The van der Waals surface area contributed by atoms with Crippen LogP contribution in [0.25, 0.3) is 0 Å². The molecule has 1 spiro atoms. The summed E-state index contributed by atoms with van der Waals surface area (Å²) in [4.78, 5) is 2.75. The predicted molar refractivity (Wildman–Crippen MR) is 94.5 cm³/mol. The summed E-state index contributed by atoms with van der Waals surface area (Å²) in [6, 6.07) is 7.17. The Morgan fingerprint density at radius 2 is 2.08 bits per heavy atom. The van der Waals surface area contributed by atoms with Crippen LogP contribution in [0.4, 0.5) is 0 Å². The van der Waals surface area contributed by atoms with Crippen LogP contribution in [-0.4, -0.2) is 63.1 Å². The van der Waals surface area contributed by atoms with E-state index in [1.165, 1.54) is 0 Å². The highest BCUT2D eigenvalue weighted by molar-refractivity contribution is 7.89. The number of likely N-dealkylation sites (N-methyl/N-ethyl adjacent to an activating group) is 1. The number of aryl methyl sites for hydroxylation is 1. The van der Waals surface area contributed by atoms with E-state index in [9.17, 15) is 8.42 Å². The lowest BCUT2D eigenvalue weighted by Gasteiger charge is -2.57. The summed E-state index contributed by atoms with van der Waals surface area (Å²) in [5, 5.41) is 0. The van der Waals surface area contributed by atoms with E-state index in [4.69, 9.17) is 4.74 Å². The molecule has 2 aliphatic heterocycles. The fraction of sp³-hybridized carbons (Fsp3) is 0.667. The standard InChI is InChI=1S/C18H28N2O3S/c1-4-23-12-16-8-9-19(3)18(11-16)13-20(14-18)24(21,22)17-7-5-6-15(2)10-17/h5-7,10,16H,4,8-9,11-14H2,1-3H3. The molecule has 2 aliphatic rings. The van der Waals surface area contributed by atoms with Crippen LogP contribution in [0.5, 0.6) is 0 Å². The molecule has 5 nitrogen and oxygen atoms in total. The predicted octanol–water partition coefficient (Wildman–Crippen LogP) is 2.12. The lowest BCUT2D eigenvalue weighted by atomic mass is 9.77. The molecule has 0 radical (unpaired) electrons. The van der Waals surface area contributed by atoms with Crippen molar-refractivity contribution < 1.29 is 13.2 Å². The molecule has 0 amide bonds.